The molecule has 1 atom stereocenters. The summed E-state index contributed by atoms with van der Waals surface area (Å²) >= 11 is 0. The second-order valence-corrected chi connectivity index (χ2v) is 5.33. The lowest BCUT2D eigenvalue weighted by molar-refractivity contribution is 0.0934. The van der Waals surface area contributed by atoms with Gasteiger partial charge in [-0.05, 0) is 25.8 Å². The van der Waals surface area contributed by atoms with E-state index in [-0.39, 0.29) is 11.9 Å². The third kappa shape index (κ3) is 2.79. The van der Waals surface area contributed by atoms with Crippen LogP contribution < -0.4 is 5.32 Å². The van der Waals surface area contributed by atoms with Gasteiger partial charge in [0.05, 0.1) is 12.2 Å². The zero-order valence-corrected chi connectivity index (χ0v) is 13.4. The zero-order chi connectivity index (χ0) is 16.4. The second kappa shape index (κ2) is 6.15. The number of nitrogens with one attached hydrogen (secondary N) is 1. The molecule has 0 aliphatic heterocycles. The first-order valence-electron chi connectivity index (χ1n) is 7.62. The summed E-state index contributed by atoms with van der Waals surface area (Å²) in [5.41, 5.74) is 1.97. The third-order valence-corrected chi connectivity index (χ3v) is 3.70. The van der Waals surface area contributed by atoms with Gasteiger partial charge in [0.25, 0.3) is 5.91 Å². The molecule has 8 nitrogen and oxygen atoms in total. The first-order valence-corrected chi connectivity index (χ1v) is 7.62. The number of hydrogen-bond acceptors (Lipinski definition) is 5. The fraction of sp³-hybridized carbons (Fsp3) is 0.400. The topological polar surface area (TPSA) is 90.0 Å². The number of hydrogen-bond donors (Lipinski definition) is 1. The largest absolute Gasteiger partial charge is 0.342 e. The van der Waals surface area contributed by atoms with E-state index >= 15 is 0 Å². The molecule has 23 heavy (non-hydrogen) atoms. The van der Waals surface area contributed by atoms with E-state index in [1.165, 1.54) is 12.5 Å². The fourth-order valence-electron chi connectivity index (χ4n) is 2.50. The molecule has 0 saturated heterocycles. The summed E-state index contributed by atoms with van der Waals surface area (Å²) in [6, 6.07) is -0.203. The Hall–Kier alpha value is -2.77. The number of amides is 1. The Kier molecular flexibility index (Phi) is 4.05. The molecule has 1 N–H and O–H groups in total. The highest BCUT2D eigenvalue weighted by molar-refractivity contribution is 5.99. The van der Waals surface area contributed by atoms with Crippen molar-refractivity contribution in [1.29, 1.82) is 0 Å². The van der Waals surface area contributed by atoms with Gasteiger partial charge < -0.3 is 5.32 Å². The van der Waals surface area contributed by atoms with Crippen LogP contribution in [-0.2, 0) is 6.54 Å². The molecule has 0 fully saturated rings. The van der Waals surface area contributed by atoms with Crippen molar-refractivity contribution in [2.45, 2.75) is 39.8 Å². The van der Waals surface area contributed by atoms with Gasteiger partial charge in [-0.25, -0.2) is 19.2 Å². The van der Waals surface area contributed by atoms with Gasteiger partial charge in [0.2, 0.25) is 0 Å². The van der Waals surface area contributed by atoms with Gasteiger partial charge in [0, 0.05) is 18.9 Å². The quantitative estimate of drug-likeness (QED) is 0.771. The van der Waals surface area contributed by atoms with Gasteiger partial charge in [-0.2, -0.15) is 10.2 Å². The van der Waals surface area contributed by atoms with Crippen LogP contribution in [-0.4, -0.2) is 35.3 Å². The van der Waals surface area contributed by atoms with Crippen molar-refractivity contribution in [3.63, 3.8) is 0 Å². The van der Waals surface area contributed by atoms with Crippen molar-refractivity contribution >= 4 is 11.6 Å². The Balaban J connectivity index is 1.87. The van der Waals surface area contributed by atoms with Crippen molar-refractivity contribution in [3.05, 3.63) is 41.9 Å². The minimum atomic E-state index is -0.214. The number of carbonyl (C=O) groups excluding carboxylic acids is 1. The average Bonchev–Trinajstić information content (AvgIpc) is 3.18. The normalized spacial score (nSPS) is 12.5. The summed E-state index contributed by atoms with van der Waals surface area (Å²) in [5, 5.41) is 11.3. The van der Waals surface area contributed by atoms with Gasteiger partial charge >= 0.3 is 0 Å². The molecule has 3 aromatic heterocycles. The minimum absolute atomic E-state index is 0.203. The molecule has 0 spiro atoms. The maximum Gasteiger partial charge on any atom is 0.257 e. The van der Waals surface area contributed by atoms with Crippen LogP contribution in [0, 0.1) is 6.92 Å². The lowest BCUT2D eigenvalue weighted by Gasteiger charge is -2.16. The van der Waals surface area contributed by atoms with Gasteiger partial charge in [0.15, 0.2) is 5.65 Å². The number of fused-ring (bicyclic) bond motifs is 1. The molecule has 1 unspecified atom stereocenters. The number of aryl methyl sites for hydroxylation is 2. The molecule has 0 saturated carbocycles. The minimum Gasteiger partial charge on any atom is -0.342 e. The van der Waals surface area contributed by atoms with E-state index in [1.54, 1.807) is 15.4 Å². The Labute approximate surface area is 133 Å². The molecule has 0 aliphatic rings. The summed E-state index contributed by atoms with van der Waals surface area (Å²) in [6.07, 6.45) is 7.32. The van der Waals surface area contributed by atoms with Crippen molar-refractivity contribution in [3.8, 4) is 0 Å². The van der Waals surface area contributed by atoms with Gasteiger partial charge in [-0.15, -0.1) is 0 Å². The Morgan fingerprint density at radius 1 is 1.26 bits per heavy atom. The van der Waals surface area contributed by atoms with E-state index < -0.39 is 0 Å². The highest BCUT2D eigenvalue weighted by Crippen LogP contribution is 2.16. The van der Waals surface area contributed by atoms with Crippen molar-refractivity contribution in [2.75, 3.05) is 0 Å². The molecular formula is C15H19N7O. The van der Waals surface area contributed by atoms with E-state index in [0.717, 1.165) is 17.8 Å². The molecule has 0 aliphatic carbocycles. The van der Waals surface area contributed by atoms with E-state index in [0.29, 0.717) is 17.8 Å². The molecule has 8 heteroatoms. The van der Waals surface area contributed by atoms with Crippen molar-refractivity contribution in [1.82, 2.24) is 34.7 Å². The van der Waals surface area contributed by atoms with E-state index in [4.69, 9.17) is 0 Å². The Morgan fingerprint density at radius 2 is 2.09 bits per heavy atom. The van der Waals surface area contributed by atoms with Gasteiger partial charge in [-0.3, -0.25) is 4.79 Å². The molecule has 0 bridgehead atoms. The van der Waals surface area contributed by atoms with Gasteiger partial charge in [-0.1, -0.05) is 6.92 Å². The summed E-state index contributed by atoms with van der Waals surface area (Å²) in [5.74, 6) is 0.539. The summed E-state index contributed by atoms with van der Waals surface area (Å²) in [7, 11) is 0. The Morgan fingerprint density at radius 3 is 2.83 bits per heavy atom. The van der Waals surface area contributed by atoms with Crippen LogP contribution in [0.4, 0.5) is 0 Å². The number of nitrogens with zero attached hydrogens (tertiary/aromatic N) is 6. The maximum atomic E-state index is 12.6. The molecular weight excluding hydrogens is 294 g/mol. The molecule has 0 aromatic carbocycles. The molecule has 3 aromatic rings. The third-order valence-electron chi connectivity index (χ3n) is 3.70. The number of aromatic nitrogens is 6. The highest BCUT2D eigenvalue weighted by Gasteiger charge is 2.21. The van der Waals surface area contributed by atoms with Crippen LogP contribution in [0.25, 0.3) is 5.65 Å². The lowest BCUT2D eigenvalue weighted by Crippen LogP contribution is -2.30. The predicted molar refractivity (Wildman–Crippen MR) is 83.9 cm³/mol. The smallest absolute Gasteiger partial charge is 0.257 e. The molecule has 1 amide bonds. The first kappa shape index (κ1) is 15.1. The highest BCUT2D eigenvalue weighted by atomic mass is 16.1. The predicted octanol–water partition coefficient (Wildman–Crippen LogP) is 1.53. The maximum absolute atomic E-state index is 12.6. The van der Waals surface area contributed by atoms with Crippen LogP contribution in [0.1, 0.15) is 48.1 Å². The molecule has 3 rings (SSSR count). The van der Waals surface area contributed by atoms with E-state index in [1.807, 2.05) is 27.0 Å². The first-order chi connectivity index (χ1) is 11.1. The summed E-state index contributed by atoms with van der Waals surface area (Å²) in [4.78, 5) is 21.2. The Bertz CT molecular complexity index is 835. The lowest BCUT2D eigenvalue weighted by atomic mass is 10.2. The van der Waals surface area contributed by atoms with Crippen LogP contribution in [0.2, 0.25) is 0 Å². The number of carbonyl (C=O) groups is 1. The monoisotopic (exact) mass is 313 g/mol. The summed E-state index contributed by atoms with van der Waals surface area (Å²) < 4.78 is 3.39. The zero-order valence-electron chi connectivity index (χ0n) is 13.4. The molecule has 3 heterocycles. The van der Waals surface area contributed by atoms with E-state index in [9.17, 15) is 4.79 Å². The average molecular weight is 313 g/mol. The summed E-state index contributed by atoms with van der Waals surface area (Å²) in [6.45, 7) is 6.62. The number of rotatable bonds is 5. The molecule has 120 valence electrons. The molecule has 0 radical (unpaired) electrons. The van der Waals surface area contributed by atoms with Crippen molar-refractivity contribution < 1.29 is 4.79 Å². The second-order valence-electron chi connectivity index (χ2n) is 5.33. The van der Waals surface area contributed by atoms with Crippen molar-refractivity contribution in [2.24, 2.45) is 0 Å². The van der Waals surface area contributed by atoms with Crippen LogP contribution >= 0.6 is 0 Å². The standard InChI is InChI=1S/C15H19N7O/c1-4-12(14-17-9-19-21(14)5-2)20-15(23)11-7-18-22-8-10(3)6-16-13(11)22/h6-9,12H,4-5H2,1-3H3,(H,20,23). The van der Waals surface area contributed by atoms with Crippen LogP contribution in [0.15, 0.2) is 24.9 Å². The fourth-order valence-corrected chi connectivity index (χ4v) is 2.50. The van der Waals surface area contributed by atoms with E-state index in [2.05, 4.69) is 25.5 Å². The van der Waals surface area contributed by atoms with Gasteiger partial charge in [0.1, 0.15) is 17.7 Å². The van der Waals surface area contributed by atoms with Crippen LogP contribution in [0.5, 0.6) is 0 Å². The SMILES string of the molecule is CCC(NC(=O)c1cnn2cc(C)cnc12)c1ncnn1CC. The van der Waals surface area contributed by atoms with Crippen LogP contribution in [0.3, 0.4) is 0 Å².